The standard InChI is InChI=1S/C14H18N4O.2ClH/c1-10-16-12-4-2-3-5-13(12)18(10)9-14(19)17-11-6-7-15-8-11;;/h2-5,11,15H,6-9H2,1H3,(H,17,19);2*1H. The number of hydrogen-bond donors (Lipinski definition) is 2. The number of aromatic nitrogens is 2. The van der Waals surface area contributed by atoms with Crippen LogP contribution in [0.1, 0.15) is 12.2 Å². The van der Waals surface area contributed by atoms with Crippen LogP contribution in [0.5, 0.6) is 0 Å². The molecule has 1 amide bonds. The van der Waals surface area contributed by atoms with Gasteiger partial charge in [-0.1, -0.05) is 12.1 Å². The monoisotopic (exact) mass is 330 g/mol. The van der Waals surface area contributed by atoms with E-state index in [1.54, 1.807) is 0 Å². The molecule has 1 aromatic heterocycles. The average molecular weight is 331 g/mol. The van der Waals surface area contributed by atoms with Crippen molar-refractivity contribution in [2.75, 3.05) is 13.1 Å². The highest BCUT2D eigenvalue weighted by Gasteiger charge is 2.17. The zero-order valence-corrected chi connectivity index (χ0v) is 13.5. The summed E-state index contributed by atoms with van der Waals surface area (Å²) >= 11 is 0. The van der Waals surface area contributed by atoms with Crippen molar-refractivity contribution in [1.29, 1.82) is 0 Å². The number of nitrogens with one attached hydrogen (secondary N) is 2. The molecule has 0 aliphatic carbocycles. The molecule has 1 aliphatic rings. The summed E-state index contributed by atoms with van der Waals surface area (Å²) in [5, 5.41) is 6.30. The first-order valence-electron chi connectivity index (χ1n) is 6.66. The van der Waals surface area contributed by atoms with Crippen LogP contribution in [0, 0.1) is 6.92 Å². The Morgan fingerprint density at radius 2 is 2.19 bits per heavy atom. The summed E-state index contributed by atoms with van der Waals surface area (Å²) in [6.45, 7) is 4.13. The minimum atomic E-state index is 0. The van der Waals surface area contributed by atoms with Gasteiger partial charge < -0.3 is 15.2 Å². The van der Waals surface area contributed by atoms with Crippen molar-refractivity contribution in [3.8, 4) is 0 Å². The molecule has 1 unspecified atom stereocenters. The Labute approximate surface area is 136 Å². The number of para-hydroxylation sites is 2. The molecule has 0 spiro atoms. The van der Waals surface area contributed by atoms with Crippen molar-refractivity contribution in [2.45, 2.75) is 25.9 Å². The van der Waals surface area contributed by atoms with Gasteiger partial charge in [0.1, 0.15) is 12.4 Å². The van der Waals surface area contributed by atoms with Gasteiger partial charge in [-0.05, 0) is 32.0 Å². The predicted molar refractivity (Wildman–Crippen MR) is 88.4 cm³/mol. The molecular formula is C14H20Cl2N4O. The molecule has 0 bridgehead atoms. The van der Waals surface area contributed by atoms with E-state index in [9.17, 15) is 4.79 Å². The first kappa shape index (κ1) is 17.8. The number of amides is 1. The van der Waals surface area contributed by atoms with E-state index in [0.717, 1.165) is 36.4 Å². The number of carbonyl (C=O) groups is 1. The Morgan fingerprint density at radius 3 is 2.90 bits per heavy atom. The maximum absolute atomic E-state index is 12.1. The summed E-state index contributed by atoms with van der Waals surface area (Å²) in [4.78, 5) is 16.5. The topological polar surface area (TPSA) is 59.0 Å². The van der Waals surface area contributed by atoms with Crippen LogP contribution in [0.2, 0.25) is 0 Å². The SMILES string of the molecule is Cc1nc2ccccc2n1CC(=O)NC1CCNC1.Cl.Cl. The molecule has 0 radical (unpaired) electrons. The highest BCUT2D eigenvalue weighted by molar-refractivity contribution is 5.85. The van der Waals surface area contributed by atoms with Gasteiger partial charge in [0.05, 0.1) is 11.0 Å². The van der Waals surface area contributed by atoms with Crippen molar-refractivity contribution < 1.29 is 4.79 Å². The fourth-order valence-electron chi connectivity index (χ4n) is 2.59. The van der Waals surface area contributed by atoms with Crippen LogP contribution in [0.3, 0.4) is 0 Å². The van der Waals surface area contributed by atoms with Crippen molar-refractivity contribution >= 4 is 41.8 Å². The summed E-state index contributed by atoms with van der Waals surface area (Å²) in [5.74, 6) is 0.931. The summed E-state index contributed by atoms with van der Waals surface area (Å²) in [6.07, 6.45) is 1.01. The smallest absolute Gasteiger partial charge is 0.240 e. The number of imidazole rings is 1. The first-order valence-corrected chi connectivity index (χ1v) is 6.66. The van der Waals surface area contributed by atoms with Gasteiger partial charge in [0.15, 0.2) is 0 Å². The lowest BCUT2D eigenvalue weighted by Gasteiger charge is -2.12. The predicted octanol–water partition coefficient (Wildman–Crippen LogP) is 1.67. The fraction of sp³-hybridized carbons (Fsp3) is 0.429. The van der Waals surface area contributed by atoms with E-state index in [4.69, 9.17) is 0 Å². The molecule has 0 saturated carbocycles. The van der Waals surface area contributed by atoms with Gasteiger partial charge in [0.25, 0.3) is 0 Å². The first-order chi connectivity index (χ1) is 9.24. The van der Waals surface area contributed by atoms with E-state index in [1.165, 1.54) is 0 Å². The third-order valence-corrected chi connectivity index (χ3v) is 3.57. The minimum Gasteiger partial charge on any atom is -0.350 e. The Balaban J connectivity index is 0.00000110. The van der Waals surface area contributed by atoms with Crippen LogP contribution in [-0.2, 0) is 11.3 Å². The van der Waals surface area contributed by atoms with E-state index >= 15 is 0 Å². The van der Waals surface area contributed by atoms with E-state index in [2.05, 4.69) is 15.6 Å². The minimum absolute atomic E-state index is 0. The average Bonchev–Trinajstić information content (AvgIpc) is 2.99. The van der Waals surface area contributed by atoms with Gasteiger partial charge in [0.2, 0.25) is 5.91 Å². The Hall–Kier alpha value is -1.30. The summed E-state index contributed by atoms with van der Waals surface area (Å²) in [6, 6.07) is 8.17. The second kappa shape index (κ2) is 7.64. The zero-order valence-electron chi connectivity index (χ0n) is 11.8. The number of fused-ring (bicyclic) bond motifs is 1. The number of nitrogens with zero attached hydrogens (tertiary/aromatic N) is 2. The highest BCUT2D eigenvalue weighted by Crippen LogP contribution is 2.15. The van der Waals surface area contributed by atoms with Crippen LogP contribution in [0.15, 0.2) is 24.3 Å². The molecule has 7 heteroatoms. The van der Waals surface area contributed by atoms with Crippen molar-refractivity contribution in [3.05, 3.63) is 30.1 Å². The molecule has 1 fully saturated rings. The molecule has 2 N–H and O–H groups in total. The molecule has 5 nitrogen and oxygen atoms in total. The van der Waals surface area contributed by atoms with E-state index < -0.39 is 0 Å². The Kier molecular flexibility index (Phi) is 6.45. The molecule has 1 atom stereocenters. The molecule has 1 saturated heterocycles. The van der Waals surface area contributed by atoms with Gasteiger partial charge in [-0.2, -0.15) is 0 Å². The lowest BCUT2D eigenvalue weighted by atomic mass is 10.2. The zero-order chi connectivity index (χ0) is 13.2. The molecule has 1 aliphatic heterocycles. The van der Waals surface area contributed by atoms with Gasteiger partial charge in [-0.25, -0.2) is 4.98 Å². The normalized spacial score (nSPS) is 17.1. The van der Waals surface area contributed by atoms with E-state index in [1.807, 2.05) is 35.8 Å². The molecule has 2 heterocycles. The third-order valence-electron chi connectivity index (χ3n) is 3.57. The lowest BCUT2D eigenvalue weighted by Crippen LogP contribution is -2.38. The van der Waals surface area contributed by atoms with Crippen LogP contribution >= 0.6 is 24.8 Å². The number of carbonyl (C=O) groups excluding carboxylic acids is 1. The van der Waals surface area contributed by atoms with Crippen LogP contribution in [0.4, 0.5) is 0 Å². The van der Waals surface area contributed by atoms with Gasteiger partial charge in [-0.3, -0.25) is 4.79 Å². The quantitative estimate of drug-likeness (QED) is 0.899. The third kappa shape index (κ3) is 3.87. The molecule has 21 heavy (non-hydrogen) atoms. The summed E-state index contributed by atoms with van der Waals surface area (Å²) in [7, 11) is 0. The van der Waals surface area contributed by atoms with Crippen molar-refractivity contribution in [2.24, 2.45) is 0 Å². The summed E-state index contributed by atoms with van der Waals surface area (Å²) in [5.41, 5.74) is 1.95. The van der Waals surface area contributed by atoms with Crippen LogP contribution < -0.4 is 10.6 Å². The second-order valence-electron chi connectivity index (χ2n) is 4.99. The number of benzene rings is 1. The molecule has 2 aromatic rings. The van der Waals surface area contributed by atoms with Crippen LogP contribution in [-0.4, -0.2) is 34.6 Å². The highest BCUT2D eigenvalue weighted by atomic mass is 35.5. The Bertz CT molecular complexity index is 608. The molecular weight excluding hydrogens is 311 g/mol. The molecule has 1 aromatic carbocycles. The second-order valence-corrected chi connectivity index (χ2v) is 4.99. The number of halogens is 2. The maximum atomic E-state index is 12.1. The molecule has 116 valence electrons. The van der Waals surface area contributed by atoms with Crippen molar-refractivity contribution in [3.63, 3.8) is 0 Å². The Morgan fingerprint density at radius 1 is 1.43 bits per heavy atom. The van der Waals surface area contributed by atoms with Crippen LogP contribution in [0.25, 0.3) is 11.0 Å². The largest absolute Gasteiger partial charge is 0.350 e. The number of hydrogen-bond acceptors (Lipinski definition) is 3. The number of aryl methyl sites for hydroxylation is 1. The van der Waals surface area contributed by atoms with Crippen molar-refractivity contribution in [1.82, 2.24) is 20.2 Å². The van der Waals surface area contributed by atoms with Gasteiger partial charge in [-0.15, -0.1) is 24.8 Å². The molecule has 3 rings (SSSR count). The van der Waals surface area contributed by atoms with Gasteiger partial charge >= 0.3 is 0 Å². The van der Waals surface area contributed by atoms with E-state index in [0.29, 0.717) is 6.54 Å². The number of rotatable bonds is 3. The maximum Gasteiger partial charge on any atom is 0.240 e. The van der Waals surface area contributed by atoms with Gasteiger partial charge in [0, 0.05) is 12.6 Å². The summed E-state index contributed by atoms with van der Waals surface area (Å²) < 4.78 is 1.97. The lowest BCUT2D eigenvalue weighted by molar-refractivity contribution is -0.122. The fourth-order valence-corrected chi connectivity index (χ4v) is 2.59. The van der Waals surface area contributed by atoms with E-state index in [-0.39, 0.29) is 36.8 Å².